The highest BCUT2D eigenvalue weighted by Crippen LogP contribution is 2.29. The van der Waals surface area contributed by atoms with Crippen molar-refractivity contribution in [3.63, 3.8) is 0 Å². The first-order chi connectivity index (χ1) is 13.7. The number of thioether (sulfide) groups is 1. The van der Waals surface area contributed by atoms with E-state index in [-0.39, 0.29) is 0 Å². The first-order valence-electron chi connectivity index (χ1n) is 8.77. The molecule has 3 aromatic heterocycles. The van der Waals surface area contributed by atoms with Gasteiger partial charge < -0.3 is 8.94 Å². The molecule has 28 heavy (non-hydrogen) atoms. The number of aromatic nitrogens is 5. The Morgan fingerprint density at radius 1 is 1.14 bits per heavy atom. The number of hydrogen-bond donors (Lipinski definition) is 0. The summed E-state index contributed by atoms with van der Waals surface area (Å²) in [6.45, 7) is 8.35. The maximum atomic E-state index is 5.42. The molecule has 0 radical (unpaired) electrons. The lowest BCUT2D eigenvalue weighted by atomic mass is 10.1. The van der Waals surface area contributed by atoms with Gasteiger partial charge >= 0.3 is 0 Å². The molecular weight excluding hydrogens is 374 g/mol. The van der Waals surface area contributed by atoms with E-state index in [1.165, 1.54) is 11.8 Å². The predicted molar refractivity (Wildman–Crippen MR) is 107 cm³/mol. The monoisotopic (exact) mass is 393 g/mol. The number of allylic oxidation sites excluding steroid dienone is 1. The van der Waals surface area contributed by atoms with Gasteiger partial charge in [0.25, 0.3) is 0 Å². The molecule has 0 spiro atoms. The molecule has 0 aliphatic rings. The van der Waals surface area contributed by atoms with Gasteiger partial charge in [-0.3, -0.25) is 4.57 Å². The fourth-order valence-corrected chi connectivity index (χ4v) is 3.66. The fourth-order valence-electron chi connectivity index (χ4n) is 2.88. The normalized spacial score (nSPS) is 11.1. The zero-order chi connectivity index (χ0) is 19.5. The third kappa shape index (κ3) is 3.50. The summed E-state index contributed by atoms with van der Waals surface area (Å²) in [6, 6.07) is 9.85. The van der Waals surface area contributed by atoms with Crippen molar-refractivity contribution in [2.75, 3.05) is 0 Å². The Labute approximate surface area is 166 Å². The minimum Gasteiger partial charge on any atom is -0.469 e. The second-order valence-electron chi connectivity index (χ2n) is 6.21. The van der Waals surface area contributed by atoms with Crippen molar-refractivity contribution in [1.82, 2.24) is 24.9 Å². The van der Waals surface area contributed by atoms with Gasteiger partial charge in [-0.1, -0.05) is 47.3 Å². The molecule has 0 aliphatic carbocycles. The lowest BCUT2D eigenvalue weighted by molar-refractivity contribution is 0.391. The van der Waals surface area contributed by atoms with Gasteiger partial charge in [-0.25, -0.2) is 0 Å². The van der Waals surface area contributed by atoms with E-state index >= 15 is 0 Å². The van der Waals surface area contributed by atoms with E-state index in [2.05, 4.69) is 26.9 Å². The second kappa shape index (κ2) is 7.85. The molecule has 0 bridgehead atoms. The van der Waals surface area contributed by atoms with Crippen LogP contribution in [0.2, 0.25) is 0 Å². The van der Waals surface area contributed by atoms with Crippen molar-refractivity contribution in [3.05, 3.63) is 66.5 Å². The van der Waals surface area contributed by atoms with Crippen LogP contribution in [-0.4, -0.2) is 24.9 Å². The van der Waals surface area contributed by atoms with Crippen molar-refractivity contribution < 1.29 is 8.94 Å². The summed E-state index contributed by atoms with van der Waals surface area (Å²) < 4.78 is 12.8. The van der Waals surface area contributed by atoms with E-state index < -0.39 is 0 Å². The largest absolute Gasteiger partial charge is 0.469 e. The van der Waals surface area contributed by atoms with Crippen molar-refractivity contribution in [2.24, 2.45) is 0 Å². The van der Waals surface area contributed by atoms with E-state index in [1.54, 1.807) is 6.26 Å². The average molecular weight is 393 g/mol. The van der Waals surface area contributed by atoms with E-state index in [0.717, 1.165) is 33.4 Å². The molecule has 4 aromatic rings. The topological polar surface area (TPSA) is 82.8 Å². The van der Waals surface area contributed by atoms with E-state index in [4.69, 9.17) is 8.94 Å². The second-order valence-corrected chi connectivity index (χ2v) is 7.15. The molecule has 0 fully saturated rings. The number of aryl methyl sites for hydroxylation is 2. The first-order valence-corrected chi connectivity index (χ1v) is 9.76. The molecule has 0 saturated heterocycles. The van der Waals surface area contributed by atoms with Crippen LogP contribution in [0.5, 0.6) is 0 Å². The molecule has 3 heterocycles. The van der Waals surface area contributed by atoms with Gasteiger partial charge in [0.2, 0.25) is 11.7 Å². The number of benzene rings is 1. The minimum absolute atomic E-state index is 0.499. The van der Waals surface area contributed by atoms with Crippen LogP contribution >= 0.6 is 11.8 Å². The molecule has 142 valence electrons. The van der Waals surface area contributed by atoms with Gasteiger partial charge in [0.15, 0.2) is 11.0 Å². The minimum atomic E-state index is 0.499. The third-order valence-corrected chi connectivity index (χ3v) is 5.26. The van der Waals surface area contributed by atoms with Gasteiger partial charge in [-0.05, 0) is 25.5 Å². The van der Waals surface area contributed by atoms with Crippen LogP contribution < -0.4 is 0 Å². The van der Waals surface area contributed by atoms with Gasteiger partial charge in [-0.15, -0.1) is 16.8 Å². The molecule has 0 atom stereocenters. The fraction of sp³-hybridized carbons (Fsp3) is 0.200. The maximum absolute atomic E-state index is 5.42. The molecule has 0 aliphatic heterocycles. The third-order valence-electron chi connectivity index (χ3n) is 4.31. The van der Waals surface area contributed by atoms with Crippen molar-refractivity contribution in [3.8, 4) is 22.8 Å². The summed E-state index contributed by atoms with van der Waals surface area (Å²) in [6.07, 6.45) is 3.46. The van der Waals surface area contributed by atoms with Crippen molar-refractivity contribution in [2.45, 2.75) is 31.3 Å². The average Bonchev–Trinajstić information content (AvgIpc) is 3.41. The van der Waals surface area contributed by atoms with Crippen LogP contribution in [-0.2, 0) is 12.3 Å². The van der Waals surface area contributed by atoms with E-state index in [9.17, 15) is 0 Å². The first kappa shape index (κ1) is 18.2. The zero-order valence-corrected chi connectivity index (χ0v) is 16.4. The van der Waals surface area contributed by atoms with E-state index in [1.807, 2.05) is 54.8 Å². The molecular formula is C20H19N5O2S. The molecule has 7 nitrogen and oxygen atoms in total. The molecule has 4 rings (SSSR count). The molecule has 0 saturated carbocycles. The Balaban J connectivity index is 1.54. The smallest absolute Gasteiger partial charge is 0.237 e. The quantitative estimate of drug-likeness (QED) is 0.333. The highest BCUT2D eigenvalue weighted by Gasteiger charge is 2.18. The van der Waals surface area contributed by atoms with Crippen LogP contribution in [0.4, 0.5) is 0 Å². The van der Waals surface area contributed by atoms with Gasteiger partial charge in [0.05, 0.1) is 17.6 Å². The van der Waals surface area contributed by atoms with Crippen LogP contribution in [0.3, 0.4) is 0 Å². The lowest BCUT2D eigenvalue weighted by Gasteiger charge is -2.06. The number of furan rings is 1. The van der Waals surface area contributed by atoms with Crippen molar-refractivity contribution >= 4 is 11.8 Å². The van der Waals surface area contributed by atoms with Crippen LogP contribution in [0.15, 0.2) is 63.3 Å². The highest BCUT2D eigenvalue weighted by atomic mass is 32.2. The van der Waals surface area contributed by atoms with Gasteiger partial charge in [0, 0.05) is 12.1 Å². The summed E-state index contributed by atoms with van der Waals surface area (Å²) in [5.74, 6) is 3.18. The molecule has 0 N–H and O–H groups in total. The van der Waals surface area contributed by atoms with Gasteiger partial charge in [-0.2, -0.15) is 4.98 Å². The highest BCUT2D eigenvalue weighted by molar-refractivity contribution is 7.98. The summed E-state index contributed by atoms with van der Waals surface area (Å²) in [5, 5.41) is 13.5. The number of rotatable bonds is 7. The molecule has 1 aromatic carbocycles. The Hall–Kier alpha value is -3.13. The summed E-state index contributed by atoms with van der Waals surface area (Å²) in [7, 11) is 0. The Morgan fingerprint density at radius 2 is 2.00 bits per heavy atom. The zero-order valence-electron chi connectivity index (χ0n) is 15.6. The van der Waals surface area contributed by atoms with Gasteiger partial charge in [0.1, 0.15) is 5.76 Å². The maximum Gasteiger partial charge on any atom is 0.237 e. The molecule has 8 heteroatoms. The Kier molecular flexibility index (Phi) is 5.12. The van der Waals surface area contributed by atoms with E-state index in [0.29, 0.717) is 24.0 Å². The summed E-state index contributed by atoms with van der Waals surface area (Å²) in [5.41, 5.74) is 2.99. The predicted octanol–water partition coefficient (Wildman–Crippen LogP) is 4.68. The SMILES string of the molecule is C=CCn1c(SCc2nc(-c3ccccc3C)no2)nnc1-c1ccoc1C. The Morgan fingerprint density at radius 3 is 2.75 bits per heavy atom. The standard InChI is InChI=1S/C20H19N5O2S/c1-4-10-25-19(16-9-11-26-14(16)3)22-23-20(25)28-12-17-21-18(24-27-17)15-8-6-5-7-13(15)2/h4-9,11H,1,10,12H2,2-3H3. The number of nitrogens with zero attached hydrogens (tertiary/aromatic N) is 5. The van der Waals surface area contributed by atoms with Crippen molar-refractivity contribution in [1.29, 1.82) is 0 Å². The Bertz CT molecular complexity index is 1110. The van der Waals surface area contributed by atoms with Crippen LogP contribution in [0.25, 0.3) is 22.8 Å². The molecule has 0 unspecified atom stereocenters. The van der Waals surface area contributed by atoms with Crippen LogP contribution in [0, 0.1) is 13.8 Å². The lowest BCUT2D eigenvalue weighted by Crippen LogP contribution is -2.00. The summed E-state index contributed by atoms with van der Waals surface area (Å²) >= 11 is 1.49. The molecule has 0 amide bonds. The number of hydrogen-bond acceptors (Lipinski definition) is 7. The van der Waals surface area contributed by atoms with Crippen LogP contribution in [0.1, 0.15) is 17.2 Å². The summed E-state index contributed by atoms with van der Waals surface area (Å²) in [4.78, 5) is 4.51.